The summed E-state index contributed by atoms with van der Waals surface area (Å²) in [6, 6.07) is 5.99. The van der Waals surface area contributed by atoms with Gasteiger partial charge in [-0.3, -0.25) is 4.79 Å². The Morgan fingerprint density at radius 1 is 1.18 bits per heavy atom. The summed E-state index contributed by atoms with van der Waals surface area (Å²) in [7, 11) is 0. The Bertz CT molecular complexity index is 1430. The SMILES string of the molecule is CCn1c(-c2cnc(C)nc2)nc2c(-c3ccc4c(c3)C(C)(CC3CCO3)C(=O)N4)ncnc21. The summed E-state index contributed by atoms with van der Waals surface area (Å²) in [4.78, 5) is 35.7. The maximum Gasteiger partial charge on any atom is 0.234 e. The van der Waals surface area contributed by atoms with Gasteiger partial charge in [0, 0.05) is 36.8 Å². The predicted molar refractivity (Wildman–Crippen MR) is 127 cm³/mol. The van der Waals surface area contributed by atoms with Crippen LogP contribution >= 0.6 is 0 Å². The molecule has 1 aromatic carbocycles. The zero-order valence-corrected chi connectivity index (χ0v) is 19.4. The van der Waals surface area contributed by atoms with E-state index < -0.39 is 5.41 Å². The van der Waals surface area contributed by atoms with E-state index in [2.05, 4.69) is 38.2 Å². The molecule has 0 saturated carbocycles. The van der Waals surface area contributed by atoms with Gasteiger partial charge in [0.1, 0.15) is 29.2 Å². The number of hydrogen-bond acceptors (Lipinski definition) is 7. The van der Waals surface area contributed by atoms with Crippen molar-refractivity contribution >= 4 is 22.8 Å². The molecule has 1 fully saturated rings. The topological polar surface area (TPSA) is 108 Å². The molecule has 3 aromatic heterocycles. The van der Waals surface area contributed by atoms with Crippen LogP contribution in [0.25, 0.3) is 33.8 Å². The molecule has 5 heterocycles. The number of carbonyl (C=O) groups is 1. The molecule has 0 spiro atoms. The number of nitrogens with one attached hydrogen (secondary N) is 1. The summed E-state index contributed by atoms with van der Waals surface area (Å²) >= 11 is 0. The van der Waals surface area contributed by atoms with Gasteiger partial charge in [-0.2, -0.15) is 0 Å². The molecule has 2 aliphatic rings. The largest absolute Gasteiger partial charge is 0.378 e. The lowest BCUT2D eigenvalue weighted by atomic mass is 9.77. The van der Waals surface area contributed by atoms with Crippen molar-refractivity contribution in [3.63, 3.8) is 0 Å². The van der Waals surface area contributed by atoms with Crippen LogP contribution in [0.15, 0.2) is 36.9 Å². The van der Waals surface area contributed by atoms with Gasteiger partial charge in [-0.15, -0.1) is 0 Å². The van der Waals surface area contributed by atoms with Crippen LogP contribution in [-0.4, -0.2) is 48.1 Å². The number of rotatable bonds is 5. The molecule has 1 N–H and O–H groups in total. The lowest BCUT2D eigenvalue weighted by Gasteiger charge is -2.33. The maximum absolute atomic E-state index is 12.9. The molecule has 172 valence electrons. The van der Waals surface area contributed by atoms with Crippen LogP contribution in [-0.2, 0) is 21.5 Å². The third-order valence-electron chi connectivity index (χ3n) is 6.95. The Kier molecular flexibility index (Phi) is 4.70. The highest BCUT2D eigenvalue weighted by atomic mass is 16.5. The van der Waals surface area contributed by atoms with Crippen LogP contribution in [0.5, 0.6) is 0 Å². The molecular weight excluding hydrogens is 430 g/mol. The molecule has 0 aliphatic carbocycles. The standard InChI is InChI=1S/C25H25N7O2/c1-4-32-22(16-11-26-14(2)27-12-16)31-21-20(28-13-29-23(21)32)15-5-6-19-18(9-15)25(3,24(33)30-19)10-17-7-8-34-17/h5-6,9,11-13,17H,4,7-8,10H2,1-3H3,(H,30,33). The molecule has 2 unspecified atom stereocenters. The van der Waals surface area contributed by atoms with Gasteiger partial charge in [0.2, 0.25) is 5.91 Å². The molecule has 9 heteroatoms. The second-order valence-corrected chi connectivity index (χ2v) is 9.13. The minimum absolute atomic E-state index is 0.0138. The van der Waals surface area contributed by atoms with E-state index in [9.17, 15) is 4.79 Å². The number of ether oxygens (including phenoxy) is 1. The van der Waals surface area contributed by atoms with E-state index in [4.69, 9.17) is 9.72 Å². The first-order valence-electron chi connectivity index (χ1n) is 11.6. The van der Waals surface area contributed by atoms with Gasteiger partial charge < -0.3 is 14.6 Å². The number of amides is 1. The van der Waals surface area contributed by atoms with E-state index in [1.807, 2.05) is 30.5 Å². The van der Waals surface area contributed by atoms with E-state index in [-0.39, 0.29) is 12.0 Å². The van der Waals surface area contributed by atoms with E-state index in [0.717, 1.165) is 52.6 Å². The van der Waals surface area contributed by atoms with Crippen molar-refractivity contribution in [3.05, 3.63) is 48.3 Å². The molecule has 2 aliphatic heterocycles. The number of anilines is 1. The summed E-state index contributed by atoms with van der Waals surface area (Å²) in [6.45, 7) is 7.37. The summed E-state index contributed by atoms with van der Waals surface area (Å²) in [5.74, 6) is 1.48. The van der Waals surface area contributed by atoms with E-state index in [1.54, 1.807) is 18.7 Å². The lowest BCUT2D eigenvalue weighted by molar-refractivity contribution is -0.124. The van der Waals surface area contributed by atoms with E-state index in [0.29, 0.717) is 24.3 Å². The Morgan fingerprint density at radius 2 is 1.97 bits per heavy atom. The number of fused-ring (bicyclic) bond motifs is 2. The second-order valence-electron chi connectivity index (χ2n) is 9.13. The van der Waals surface area contributed by atoms with Crippen LogP contribution in [0.1, 0.15) is 38.1 Å². The molecular formula is C25H25N7O2. The fraction of sp³-hybridized carbons (Fsp3) is 0.360. The smallest absolute Gasteiger partial charge is 0.234 e. The number of nitrogens with zero attached hydrogens (tertiary/aromatic N) is 6. The molecule has 2 atom stereocenters. The fourth-order valence-electron chi connectivity index (χ4n) is 4.92. The second kappa shape index (κ2) is 7.66. The number of benzene rings is 1. The Balaban J connectivity index is 1.48. The highest BCUT2D eigenvalue weighted by Gasteiger charge is 2.45. The molecule has 4 aromatic rings. The Morgan fingerprint density at radius 3 is 2.68 bits per heavy atom. The van der Waals surface area contributed by atoms with Crippen LogP contribution in [0.2, 0.25) is 0 Å². The zero-order valence-electron chi connectivity index (χ0n) is 19.4. The number of imidazole rings is 1. The molecule has 1 saturated heterocycles. The third-order valence-corrected chi connectivity index (χ3v) is 6.95. The molecule has 9 nitrogen and oxygen atoms in total. The molecule has 0 radical (unpaired) electrons. The summed E-state index contributed by atoms with van der Waals surface area (Å²) < 4.78 is 7.69. The summed E-state index contributed by atoms with van der Waals surface area (Å²) in [5.41, 5.74) is 5.09. The van der Waals surface area contributed by atoms with Crippen molar-refractivity contribution in [2.75, 3.05) is 11.9 Å². The van der Waals surface area contributed by atoms with Crippen molar-refractivity contribution < 1.29 is 9.53 Å². The summed E-state index contributed by atoms with van der Waals surface area (Å²) in [5, 5.41) is 3.04. The highest BCUT2D eigenvalue weighted by molar-refractivity contribution is 6.06. The van der Waals surface area contributed by atoms with Crippen molar-refractivity contribution in [1.82, 2.24) is 29.5 Å². The van der Waals surface area contributed by atoms with Crippen molar-refractivity contribution in [3.8, 4) is 22.6 Å². The average molecular weight is 456 g/mol. The minimum Gasteiger partial charge on any atom is -0.378 e. The van der Waals surface area contributed by atoms with Gasteiger partial charge >= 0.3 is 0 Å². The highest BCUT2D eigenvalue weighted by Crippen LogP contribution is 2.44. The normalized spacial score (nSPS) is 21.4. The van der Waals surface area contributed by atoms with E-state index >= 15 is 0 Å². The number of aromatic nitrogens is 6. The van der Waals surface area contributed by atoms with Crippen LogP contribution in [0, 0.1) is 6.92 Å². The van der Waals surface area contributed by atoms with Crippen molar-refractivity contribution in [1.29, 1.82) is 0 Å². The number of carbonyl (C=O) groups excluding carboxylic acids is 1. The first kappa shape index (κ1) is 20.9. The monoisotopic (exact) mass is 455 g/mol. The first-order chi connectivity index (χ1) is 16.5. The number of aryl methyl sites for hydroxylation is 2. The average Bonchev–Trinajstić information content (AvgIpc) is 3.31. The Labute approximate surface area is 196 Å². The fourth-order valence-corrected chi connectivity index (χ4v) is 4.92. The van der Waals surface area contributed by atoms with Gasteiger partial charge in [-0.25, -0.2) is 24.9 Å². The Hall–Kier alpha value is -3.72. The quantitative estimate of drug-likeness (QED) is 0.489. The van der Waals surface area contributed by atoms with Crippen molar-refractivity contribution in [2.45, 2.75) is 51.7 Å². The molecule has 0 bridgehead atoms. The van der Waals surface area contributed by atoms with Gasteiger partial charge in [-0.1, -0.05) is 6.07 Å². The minimum atomic E-state index is -0.643. The predicted octanol–water partition coefficient (Wildman–Crippen LogP) is 3.67. The van der Waals surface area contributed by atoms with Gasteiger partial charge in [0.05, 0.1) is 17.1 Å². The maximum atomic E-state index is 12.9. The van der Waals surface area contributed by atoms with Gasteiger partial charge in [-0.05, 0) is 51.3 Å². The van der Waals surface area contributed by atoms with Crippen LogP contribution in [0.3, 0.4) is 0 Å². The lowest BCUT2D eigenvalue weighted by Crippen LogP contribution is -2.39. The third kappa shape index (κ3) is 3.11. The van der Waals surface area contributed by atoms with Gasteiger partial charge in [0.25, 0.3) is 0 Å². The zero-order chi connectivity index (χ0) is 23.4. The summed E-state index contributed by atoms with van der Waals surface area (Å²) in [6.07, 6.45) is 6.91. The van der Waals surface area contributed by atoms with Gasteiger partial charge in [0.15, 0.2) is 5.65 Å². The molecule has 1 amide bonds. The number of hydrogen-bond donors (Lipinski definition) is 1. The van der Waals surface area contributed by atoms with Crippen LogP contribution in [0.4, 0.5) is 5.69 Å². The van der Waals surface area contributed by atoms with E-state index in [1.165, 1.54) is 0 Å². The molecule has 6 rings (SSSR count). The van der Waals surface area contributed by atoms with Crippen molar-refractivity contribution in [2.24, 2.45) is 0 Å². The first-order valence-corrected chi connectivity index (χ1v) is 11.6. The van der Waals surface area contributed by atoms with Crippen LogP contribution < -0.4 is 5.32 Å². The molecule has 34 heavy (non-hydrogen) atoms.